The molecule has 0 radical (unpaired) electrons. The average molecular weight is 257 g/mol. The molecule has 0 N–H and O–H groups in total. The number of benzene rings is 1. The lowest BCUT2D eigenvalue weighted by molar-refractivity contribution is 0.0345. The van der Waals surface area contributed by atoms with Gasteiger partial charge < -0.3 is 9.47 Å². The molecule has 3 heteroatoms. The highest BCUT2D eigenvalue weighted by atomic mass is 79.9. The topological polar surface area (TPSA) is 18.5 Å². The fraction of sp³-hybridized carbons (Fsp3) is 0.273. The lowest BCUT2D eigenvalue weighted by Gasteiger charge is -2.08. The van der Waals surface area contributed by atoms with Gasteiger partial charge in [0.15, 0.2) is 0 Å². The van der Waals surface area contributed by atoms with E-state index in [1.165, 1.54) is 0 Å². The molecule has 0 atom stereocenters. The second-order valence-electron chi connectivity index (χ2n) is 2.72. The molecule has 0 spiro atoms. The summed E-state index contributed by atoms with van der Waals surface area (Å²) in [6, 6.07) is 7.93. The van der Waals surface area contributed by atoms with Crippen LogP contribution in [0.1, 0.15) is 12.5 Å². The zero-order valence-electron chi connectivity index (χ0n) is 8.13. The minimum atomic E-state index is 0.368. The van der Waals surface area contributed by atoms with Crippen LogP contribution in [-0.4, -0.2) is 6.61 Å². The minimum absolute atomic E-state index is 0.368. The van der Waals surface area contributed by atoms with Gasteiger partial charge >= 0.3 is 0 Å². The van der Waals surface area contributed by atoms with Crippen LogP contribution in [0.2, 0.25) is 0 Å². The van der Waals surface area contributed by atoms with E-state index in [1.807, 2.05) is 31.2 Å². The SMILES string of the molecule is C=C(OCC)OCc1cccc(Br)c1. The molecule has 0 aromatic heterocycles. The minimum Gasteiger partial charge on any atom is -0.466 e. The summed E-state index contributed by atoms with van der Waals surface area (Å²) in [6.07, 6.45) is 0. The van der Waals surface area contributed by atoms with Crippen molar-refractivity contribution in [1.82, 2.24) is 0 Å². The Kier molecular flexibility index (Phi) is 4.53. The maximum atomic E-state index is 5.29. The Morgan fingerprint density at radius 3 is 2.86 bits per heavy atom. The van der Waals surface area contributed by atoms with E-state index in [4.69, 9.17) is 9.47 Å². The Balaban J connectivity index is 2.41. The van der Waals surface area contributed by atoms with Crippen LogP contribution >= 0.6 is 15.9 Å². The van der Waals surface area contributed by atoms with Crippen molar-refractivity contribution in [3.8, 4) is 0 Å². The molecule has 0 saturated carbocycles. The number of halogens is 1. The van der Waals surface area contributed by atoms with Crippen molar-refractivity contribution in [2.75, 3.05) is 6.61 Å². The van der Waals surface area contributed by atoms with Crippen LogP contribution in [0, 0.1) is 0 Å². The van der Waals surface area contributed by atoms with Crippen molar-refractivity contribution in [1.29, 1.82) is 0 Å². The number of hydrogen-bond acceptors (Lipinski definition) is 2. The van der Waals surface area contributed by atoms with Crippen molar-refractivity contribution in [2.24, 2.45) is 0 Å². The van der Waals surface area contributed by atoms with E-state index in [-0.39, 0.29) is 0 Å². The fourth-order valence-corrected chi connectivity index (χ4v) is 1.44. The molecule has 0 heterocycles. The largest absolute Gasteiger partial charge is 0.466 e. The lowest BCUT2D eigenvalue weighted by Crippen LogP contribution is -1.96. The smallest absolute Gasteiger partial charge is 0.271 e. The van der Waals surface area contributed by atoms with E-state index in [9.17, 15) is 0 Å². The second kappa shape index (κ2) is 5.70. The van der Waals surface area contributed by atoms with Gasteiger partial charge in [-0.1, -0.05) is 28.1 Å². The van der Waals surface area contributed by atoms with Crippen LogP contribution in [0.25, 0.3) is 0 Å². The highest BCUT2D eigenvalue weighted by molar-refractivity contribution is 9.10. The molecule has 14 heavy (non-hydrogen) atoms. The van der Waals surface area contributed by atoms with Gasteiger partial charge in [0.2, 0.25) is 0 Å². The summed E-state index contributed by atoms with van der Waals surface area (Å²) in [7, 11) is 0. The van der Waals surface area contributed by atoms with Crippen molar-refractivity contribution < 1.29 is 9.47 Å². The van der Waals surface area contributed by atoms with E-state index in [0.717, 1.165) is 10.0 Å². The molecule has 0 fully saturated rings. The first-order chi connectivity index (χ1) is 6.72. The summed E-state index contributed by atoms with van der Waals surface area (Å²) in [5, 5.41) is 0. The molecule has 2 nitrogen and oxygen atoms in total. The molecule has 0 aliphatic heterocycles. The monoisotopic (exact) mass is 256 g/mol. The molecule has 76 valence electrons. The second-order valence-corrected chi connectivity index (χ2v) is 3.64. The van der Waals surface area contributed by atoms with Gasteiger partial charge in [0.05, 0.1) is 6.61 Å². The molecular weight excluding hydrogens is 244 g/mol. The van der Waals surface area contributed by atoms with Gasteiger partial charge in [-0.2, -0.15) is 0 Å². The molecule has 0 aliphatic carbocycles. The lowest BCUT2D eigenvalue weighted by atomic mass is 10.2. The van der Waals surface area contributed by atoms with Crippen LogP contribution in [0.4, 0.5) is 0 Å². The highest BCUT2D eigenvalue weighted by Crippen LogP contribution is 2.13. The van der Waals surface area contributed by atoms with Gasteiger partial charge in [-0.15, -0.1) is 0 Å². The molecule has 0 amide bonds. The molecule has 0 aliphatic rings. The Bertz CT molecular complexity index is 310. The van der Waals surface area contributed by atoms with Gasteiger partial charge in [0, 0.05) is 4.47 Å². The predicted molar refractivity (Wildman–Crippen MR) is 59.7 cm³/mol. The Labute approximate surface area is 92.7 Å². The Hall–Kier alpha value is -0.960. The van der Waals surface area contributed by atoms with Gasteiger partial charge in [-0.3, -0.25) is 0 Å². The van der Waals surface area contributed by atoms with Crippen molar-refractivity contribution >= 4 is 15.9 Å². The van der Waals surface area contributed by atoms with Crippen molar-refractivity contribution in [3.63, 3.8) is 0 Å². The van der Waals surface area contributed by atoms with Gasteiger partial charge in [-0.05, 0) is 31.2 Å². The standard InChI is InChI=1S/C11H13BrO2/c1-3-13-9(2)14-8-10-5-4-6-11(12)7-10/h4-7H,2-3,8H2,1H3. The third-order valence-corrected chi connectivity index (χ3v) is 2.09. The summed E-state index contributed by atoms with van der Waals surface area (Å²) in [4.78, 5) is 0. The number of ether oxygens (including phenoxy) is 2. The first-order valence-corrected chi connectivity index (χ1v) is 5.20. The molecule has 1 aromatic rings. The van der Waals surface area contributed by atoms with E-state index in [1.54, 1.807) is 0 Å². The number of hydrogen-bond donors (Lipinski definition) is 0. The highest BCUT2D eigenvalue weighted by Gasteiger charge is 1.97. The zero-order chi connectivity index (χ0) is 10.4. The molecular formula is C11H13BrO2. The average Bonchev–Trinajstić information content (AvgIpc) is 2.15. The molecule has 0 bridgehead atoms. The summed E-state index contributed by atoms with van der Waals surface area (Å²) >= 11 is 3.39. The maximum Gasteiger partial charge on any atom is 0.271 e. The normalized spacial score (nSPS) is 9.57. The maximum absolute atomic E-state index is 5.29. The van der Waals surface area contributed by atoms with Crippen LogP contribution in [0.3, 0.4) is 0 Å². The predicted octanol–water partition coefficient (Wildman–Crippen LogP) is 3.47. The van der Waals surface area contributed by atoms with Crippen LogP contribution in [0.15, 0.2) is 41.3 Å². The third kappa shape index (κ3) is 3.83. The van der Waals surface area contributed by atoms with Gasteiger partial charge in [0.1, 0.15) is 6.61 Å². The van der Waals surface area contributed by atoms with Crippen LogP contribution < -0.4 is 0 Å². The number of rotatable bonds is 5. The van der Waals surface area contributed by atoms with E-state index >= 15 is 0 Å². The Morgan fingerprint density at radius 2 is 2.21 bits per heavy atom. The summed E-state index contributed by atoms with van der Waals surface area (Å²) in [6.45, 7) is 6.59. The van der Waals surface area contributed by atoms with E-state index < -0.39 is 0 Å². The van der Waals surface area contributed by atoms with Crippen molar-refractivity contribution in [2.45, 2.75) is 13.5 Å². The molecule has 1 rings (SSSR count). The summed E-state index contributed by atoms with van der Waals surface area (Å²) in [5.41, 5.74) is 1.08. The third-order valence-electron chi connectivity index (χ3n) is 1.59. The fourth-order valence-electron chi connectivity index (χ4n) is 0.993. The van der Waals surface area contributed by atoms with Crippen LogP contribution in [0.5, 0.6) is 0 Å². The molecule has 0 saturated heterocycles. The van der Waals surface area contributed by atoms with Crippen LogP contribution in [-0.2, 0) is 16.1 Å². The van der Waals surface area contributed by atoms with E-state index in [2.05, 4.69) is 22.5 Å². The first-order valence-electron chi connectivity index (χ1n) is 4.41. The summed E-state index contributed by atoms with van der Waals surface area (Å²) < 4.78 is 11.4. The zero-order valence-corrected chi connectivity index (χ0v) is 9.71. The van der Waals surface area contributed by atoms with Gasteiger partial charge in [0.25, 0.3) is 5.95 Å². The summed E-state index contributed by atoms with van der Waals surface area (Å²) in [5.74, 6) is 0.368. The molecule has 1 aromatic carbocycles. The quantitative estimate of drug-likeness (QED) is 0.752. The molecule has 0 unspecified atom stereocenters. The van der Waals surface area contributed by atoms with E-state index in [0.29, 0.717) is 19.2 Å². The van der Waals surface area contributed by atoms with Crippen molar-refractivity contribution in [3.05, 3.63) is 46.8 Å². The first kappa shape index (κ1) is 11.1. The van der Waals surface area contributed by atoms with Gasteiger partial charge in [-0.25, -0.2) is 0 Å². The Morgan fingerprint density at radius 1 is 1.43 bits per heavy atom.